The van der Waals surface area contributed by atoms with Crippen LogP contribution in [0.15, 0.2) is 140 Å². The van der Waals surface area contributed by atoms with Crippen LogP contribution in [0.25, 0.3) is 21.8 Å². The Bertz CT molecular complexity index is 2600. The number of benzene rings is 4. The summed E-state index contributed by atoms with van der Waals surface area (Å²) in [6.07, 6.45) is 0.738. The molecule has 4 aromatic heterocycles. The van der Waals surface area contributed by atoms with Gasteiger partial charge in [0.25, 0.3) is 0 Å². The van der Waals surface area contributed by atoms with E-state index in [9.17, 15) is 15.0 Å². The maximum atomic E-state index is 11.1. The van der Waals surface area contributed by atoms with E-state index in [0.29, 0.717) is 43.8 Å². The van der Waals surface area contributed by atoms with Crippen molar-refractivity contribution < 1.29 is 15.0 Å². The summed E-state index contributed by atoms with van der Waals surface area (Å²) in [6.45, 7) is 7.67. The number of nitrogens with zero attached hydrogens (tertiary/aromatic N) is 4. The number of carbonyl (C=O) groups excluding carboxylic acids is 1. The molecule has 8 aromatic rings. The Morgan fingerprint density at radius 3 is 1.72 bits per heavy atom. The number of halogens is 2. The van der Waals surface area contributed by atoms with Gasteiger partial charge < -0.3 is 21.3 Å². The minimum atomic E-state index is -0.380. The molecule has 0 saturated heterocycles. The Hall–Kier alpha value is -6.55. The summed E-state index contributed by atoms with van der Waals surface area (Å²) in [5.74, 6) is 1.69. The molecule has 4 heterocycles. The van der Waals surface area contributed by atoms with Crippen LogP contribution in [0.4, 0.5) is 11.6 Å². The Labute approximate surface area is 341 Å². The lowest BCUT2D eigenvalue weighted by atomic mass is 9.96. The van der Waals surface area contributed by atoms with Gasteiger partial charge >= 0.3 is 0 Å². The number of carbonyl (C=O) groups is 1. The molecule has 0 bridgehead atoms. The molecule has 0 fully saturated rings. The van der Waals surface area contributed by atoms with Crippen molar-refractivity contribution in [2.24, 2.45) is 0 Å². The molecule has 1 atom stereocenters. The molecule has 0 aliphatic carbocycles. The number of nitrogens with one attached hydrogen (secondary N) is 1. The Balaban J connectivity index is 0.000000174. The van der Waals surface area contributed by atoms with Gasteiger partial charge in [-0.3, -0.25) is 4.79 Å². The number of pyridine rings is 4. The van der Waals surface area contributed by atoms with E-state index in [-0.39, 0.29) is 17.5 Å². The lowest BCUT2D eigenvalue weighted by molar-refractivity contribution is 0.112. The minimum Gasteiger partial charge on any atom is -0.506 e. The maximum Gasteiger partial charge on any atom is 0.151 e. The van der Waals surface area contributed by atoms with E-state index in [4.69, 9.17) is 28.9 Å². The Morgan fingerprint density at radius 2 is 1.12 bits per heavy atom. The first kappa shape index (κ1) is 41.6. The van der Waals surface area contributed by atoms with Crippen molar-refractivity contribution in [2.45, 2.75) is 33.7 Å². The van der Waals surface area contributed by atoms with Gasteiger partial charge in [0, 0.05) is 49.7 Å². The van der Waals surface area contributed by atoms with E-state index < -0.39 is 0 Å². The number of aryl methyl sites for hydroxylation is 4. The fraction of sp³-hybridized carbons (Fsp3) is 0.109. The number of fused-ring (bicyclic) bond motifs is 2. The summed E-state index contributed by atoms with van der Waals surface area (Å²) in [4.78, 5) is 27.4. The number of aromatic hydroxyl groups is 2. The molecule has 5 N–H and O–H groups in total. The summed E-state index contributed by atoms with van der Waals surface area (Å²) in [6, 6.07) is 42.6. The van der Waals surface area contributed by atoms with E-state index in [0.717, 1.165) is 45.4 Å². The highest BCUT2D eigenvalue weighted by Gasteiger charge is 2.22. The van der Waals surface area contributed by atoms with Crippen LogP contribution >= 0.6 is 23.2 Å². The highest BCUT2D eigenvalue weighted by atomic mass is 35.5. The van der Waals surface area contributed by atoms with Crippen molar-refractivity contribution in [3.63, 3.8) is 0 Å². The molecule has 57 heavy (non-hydrogen) atoms. The number of para-hydroxylation sites is 1. The molecule has 8 rings (SSSR count). The number of rotatable bonds is 5. The van der Waals surface area contributed by atoms with E-state index in [2.05, 4.69) is 25.3 Å². The number of nitrogens with two attached hydrogens (primary N) is 1. The number of nitrogen functional groups attached to an aromatic ring is 1. The zero-order valence-corrected chi connectivity index (χ0v) is 33.4. The van der Waals surface area contributed by atoms with Crippen LogP contribution in [0.2, 0.25) is 10.0 Å². The molecule has 0 radical (unpaired) electrons. The molecule has 0 amide bonds. The first-order valence-corrected chi connectivity index (χ1v) is 18.7. The highest BCUT2D eigenvalue weighted by Crippen LogP contribution is 2.38. The normalized spacial score (nSPS) is 10.8. The zero-order valence-electron chi connectivity index (χ0n) is 31.9. The zero-order chi connectivity index (χ0) is 40.9. The molecule has 4 aromatic carbocycles. The molecular weight excluding hydrogens is 755 g/mol. The van der Waals surface area contributed by atoms with E-state index in [1.54, 1.807) is 36.4 Å². The number of phenolic OH excluding ortho intramolecular Hbond substituents is 2. The second kappa shape index (κ2) is 19.9. The average Bonchev–Trinajstić information content (AvgIpc) is 3.19. The number of aromatic nitrogens is 4. The van der Waals surface area contributed by atoms with Crippen molar-refractivity contribution in [3.8, 4) is 11.5 Å². The fourth-order valence-corrected chi connectivity index (χ4v) is 6.11. The molecular formula is C46H42Cl2N6O3. The van der Waals surface area contributed by atoms with Gasteiger partial charge in [-0.25, -0.2) is 19.9 Å². The van der Waals surface area contributed by atoms with Gasteiger partial charge in [-0.15, -0.1) is 0 Å². The summed E-state index contributed by atoms with van der Waals surface area (Å²) in [5, 5.41) is 26.9. The topological polar surface area (TPSA) is 147 Å². The first-order valence-electron chi connectivity index (χ1n) is 17.9. The maximum absolute atomic E-state index is 11.1. The summed E-state index contributed by atoms with van der Waals surface area (Å²) in [7, 11) is 0. The predicted molar refractivity (Wildman–Crippen MR) is 232 cm³/mol. The largest absolute Gasteiger partial charge is 0.506 e. The standard InChI is InChI=1S/C23H20ClN3O.C10H9NO.C7H5ClO.C6H8N2/c1-14-6-5-9-20(25-14)27-22(17-7-3-4-8-19(17)24)18-13-12-16-11-10-15(2)26-21(16)23(18)28;1-7-5-6-8-3-2-4-9(12)10(8)11-7;8-7-4-2-1-3-6(7)5-9;1-5-3-2-4-6(7)8-5/h3-13,22,28H,1-2H3,(H,25,27);2-6,12H,1H3;1-5H;2-4H,1H3,(H2,7,8). The van der Waals surface area contributed by atoms with Gasteiger partial charge in [-0.2, -0.15) is 0 Å². The van der Waals surface area contributed by atoms with Crippen LogP contribution in [0.1, 0.15) is 50.3 Å². The molecule has 0 aliphatic heterocycles. The monoisotopic (exact) mass is 796 g/mol. The van der Waals surface area contributed by atoms with Crippen molar-refractivity contribution in [1.82, 2.24) is 19.9 Å². The minimum absolute atomic E-state index is 0.145. The van der Waals surface area contributed by atoms with E-state index in [1.165, 1.54) is 0 Å². The van der Waals surface area contributed by atoms with Gasteiger partial charge in [-0.05, 0) is 87.9 Å². The third-order valence-electron chi connectivity index (χ3n) is 8.49. The van der Waals surface area contributed by atoms with Gasteiger partial charge in [-0.1, -0.05) is 108 Å². The number of hydrogen-bond donors (Lipinski definition) is 4. The smallest absolute Gasteiger partial charge is 0.151 e. The molecule has 0 aliphatic rings. The second-order valence-electron chi connectivity index (χ2n) is 12.9. The molecule has 11 heteroatoms. The molecule has 1 unspecified atom stereocenters. The van der Waals surface area contributed by atoms with Crippen LogP contribution < -0.4 is 11.1 Å². The van der Waals surface area contributed by atoms with Crippen LogP contribution in [-0.4, -0.2) is 36.4 Å². The SMILES string of the molecule is Cc1ccc2cccc(O)c2n1.Cc1cccc(N)n1.Cc1cccc(NC(c2ccccc2Cl)c2ccc3ccc(C)nc3c2O)n1.O=Cc1ccccc1Cl. The third-order valence-corrected chi connectivity index (χ3v) is 9.18. The van der Waals surface area contributed by atoms with Crippen molar-refractivity contribution in [2.75, 3.05) is 11.1 Å². The molecule has 0 spiro atoms. The van der Waals surface area contributed by atoms with Crippen LogP contribution in [0, 0.1) is 27.7 Å². The average molecular weight is 798 g/mol. The molecule has 288 valence electrons. The van der Waals surface area contributed by atoms with Gasteiger partial charge in [0.05, 0.1) is 11.1 Å². The van der Waals surface area contributed by atoms with Gasteiger partial charge in [0.2, 0.25) is 0 Å². The number of phenols is 2. The number of anilines is 2. The van der Waals surface area contributed by atoms with Crippen LogP contribution in [-0.2, 0) is 0 Å². The third kappa shape index (κ3) is 11.5. The van der Waals surface area contributed by atoms with Crippen molar-refractivity contribution in [3.05, 3.63) is 189 Å². The molecule has 9 nitrogen and oxygen atoms in total. The number of aldehydes is 1. The van der Waals surface area contributed by atoms with E-state index in [1.807, 2.05) is 131 Å². The fourth-order valence-electron chi connectivity index (χ4n) is 5.69. The summed E-state index contributed by atoms with van der Waals surface area (Å²) >= 11 is 12.1. The van der Waals surface area contributed by atoms with Crippen LogP contribution in [0.3, 0.4) is 0 Å². The number of hydrogen-bond acceptors (Lipinski definition) is 9. The quantitative estimate of drug-likeness (QED) is 0.125. The summed E-state index contributed by atoms with van der Waals surface area (Å²) in [5.41, 5.74) is 12.3. The van der Waals surface area contributed by atoms with E-state index >= 15 is 0 Å². The van der Waals surface area contributed by atoms with Crippen molar-refractivity contribution in [1.29, 1.82) is 0 Å². The lowest BCUT2D eigenvalue weighted by Crippen LogP contribution is -2.14. The predicted octanol–water partition coefficient (Wildman–Crippen LogP) is 11.2. The van der Waals surface area contributed by atoms with Crippen LogP contribution in [0.5, 0.6) is 11.5 Å². The van der Waals surface area contributed by atoms with Gasteiger partial charge in [0.1, 0.15) is 34.2 Å². The first-order chi connectivity index (χ1) is 27.4. The summed E-state index contributed by atoms with van der Waals surface area (Å²) < 4.78 is 0. The lowest BCUT2D eigenvalue weighted by Gasteiger charge is -2.23. The Morgan fingerprint density at radius 1 is 0.561 bits per heavy atom. The Kier molecular flexibility index (Phi) is 14.5. The highest BCUT2D eigenvalue weighted by molar-refractivity contribution is 6.33. The van der Waals surface area contributed by atoms with Gasteiger partial charge in [0.15, 0.2) is 6.29 Å². The van der Waals surface area contributed by atoms with Crippen molar-refractivity contribution >= 4 is 62.9 Å². The molecule has 0 saturated carbocycles. The second-order valence-corrected chi connectivity index (χ2v) is 13.7.